The largest absolute Gasteiger partial charge is 0.441 e. The van der Waals surface area contributed by atoms with Gasteiger partial charge in [0.25, 0.3) is 3.79 Å². The molecular weight excluding hydrogens is 432 g/mol. The van der Waals surface area contributed by atoms with Gasteiger partial charge in [0.1, 0.15) is 0 Å². The zero-order valence-electron chi connectivity index (χ0n) is 10.7. The Kier molecular flexibility index (Phi) is 6.51. The van der Waals surface area contributed by atoms with Crippen LogP contribution in [-0.4, -0.2) is 32.6 Å². The summed E-state index contributed by atoms with van der Waals surface area (Å²) >= 11 is 33.1. The maximum absolute atomic E-state index is 12.6. The molecule has 0 spiro atoms. The lowest BCUT2D eigenvalue weighted by molar-refractivity contribution is -0.145. The molecule has 0 aromatic carbocycles. The van der Waals surface area contributed by atoms with Crippen LogP contribution >= 0.6 is 77.2 Å². The summed E-state index contributed by atoms with van der Waals surface area (Å²) in [5.41, 5.74) is -0.398. The molecule has 1 aliphatic rings. The van der Waals surface area contributed by atoms with E-state index >= 15 is 0 Å². The van der Waals surface area contributed by atoms with Crippen molar-refractivity contribution in [3.63, 3.8) is 0 Å². The number of esters is 1. The van der Waals surface area contributed by atoms with Gasteiger partial charge in [-0.25, -0.2) is 4.79 Å². The molecule has 21 heavy (non-hydrogen) atoms. The van der Waals surface area contributed by atoms with Crippen LogP contribution in [0.2, 0.25) is 0 Å². The fourth-order valence-corrected chi connectivity index (χ4v) is 4.55. The van der Waals surface area contributed by atoms with Gasteiger partial charge >= 0.3 is 13.6 Å². The lowest BCUT2D eigenvalue weighted by Gasteiger charge is -2.38. The van der Waals surface area contributed by atoms with E-state index in [-0.39, 0.29) is 13.2 Å². The molecule has 12 heteroatoms. The summed E-state index contributed by atoms with van der Waals surface area (Å²) in [6.07, 6.45) is 0. The fraction of sp³-hybridized carbons (Fsp3) is 0.889. The Morgan fingerprint density at radius 3 is 1.90 bits per heavy atom. The van der Waals surface area contributed by atoms with Gasteiger partial charge < -0.3 is 13.8 Å². The van der Waals surface area contributed by atoms with Crippen LogP contribution in [0.5, 0.6) is 0 Å². The Morgan fingerprint density at radius 2 is 1.57 bits per heavy atom. The number of alkyl halides is 6. The van der Waals surface area contributed by atoms with Crippen LogP contribution in [0.4, 0.5) is 0 Å². The summed E-state index contributed by atoms with van der Waals surface area (Å²) in [6, 6.07) is 0. The van der Waals surface area contributed by atoms with Crippen molar-refractivity contribution < 1.29 is 23.1 Å². The Morgan fingerprint density at radius 1 is 1.14 bits per heavy atom. The van der Waals surface area contributed by atoms with Crippen LogP contribution in [0.3, 0.4) is 0 Å². The normalized spacial score (nSPS) is 23.4. The van der Waals surface area contributed by atoms with Gasteiger partial charge in [0.05, 0.1) is 13.2 Å². The monoisotopic (exact) mass is 440 g/mol. The number of carbonyl (C=O) groups is 1. The van der Waals surface area contributed by atoms with Gasteiger partial charge in [-0.05, 0) is 0 Å². The molecule has 0 aromatic rings. The second-order valence-electron chi connectivity index (χ2n) is 5.05. The van der Waals surface area contributed by atoms with E-state index in [2.05, 4.69) is 0 Å². The molecule has 0 radical (unpaired) electrons. The quantitative estimate of drug-likeness (QED) is 0.347. The molecule has 1 fully saturated rings. The van der Waals surface area contributed by atoms with Crippen molar-refractivity contribution in [2.45, 2.75) is 27.3 Å². The minimum Gasteiger partial charge on any atom is -0.441 e. The maximum atomic E-state index is 12.6. The average Bonchev–Trinajstić information content (AvgIpc) is 2.27. The van der Waals surface area contributed by atoms with Crippen molar-refractivity contribution in [1.82, 2.24) is 0 Å². The molecule has 124 valence electrons. The zero-order valence-corrected chi connectivity index (χ0v) is 16.2. The first-order valence-corrected chi connectivity index (χ1v) is 9.29. The smallest absolute Gasteiger partial charge is 0.375 e. The van der Waals surface area contributed by atoms with E-state index in [1.807, 2.05) is 13.8 Å². The zero-order chi connectivity index (χ0) is 16.7. The predicted molar refractivity (Wildman–Crippen MR) is 83.8 cm³/mol. The Balaban J connectivity index is 3.00. The predicted octanol–water partition coefficient (Wildman–Crippen LogP) is 4.86. The summed E-state index contributed by atoms with van der Waals surface area (Å²) in [5.74, 6) is -3.23. The van der Waals surface area contributed by atoms with Crippen LogP contribution in [0.15, 0.2) is 0 Å². The van der Waals surface area contributed by atoms with E-state index in [0.717, 1.165) is 0 Å². The highest BCUT2D eigenvalue weighted by atomic mass is 35.6. The van der Waals surface area contributed by atoms with E-state index in [0.29, 0.717) is 0 Å². The first-order chi connectivity index (χ1) is 9.17. The van der Waals surface area contributed by atoms with Crippen molar-refractivity contribution in [3.05, 3.63) is 0 Å². The van der Waals surface area contributed by atoms with Gasteiger partial charge in [0.2, 0.25) is 9.64 Å². The van der Waals surface area contributed by atoms with Crippen LogP contribution in [0.1, 0.15) is 13.8 Å². The summed E-state index contributed by atoms with van der Waals surface area (Å²) in [6.45, 7) is 3.72. The summed E-state index contributed by atoms with van der Waals surface area (Å²) in [7, 11) is -4.06. The molecule has 1 unspecified atom stereocenters. The third kappa shape index (κ3) is 5.74. The van der Waals surface area contributed by atoms with E-state index in [1.165, 1.54) is 0 Å². The Hall–Kier alpha value is 1.36. The van der Waals surface area contributed by atoms with Gasteiger partial charge in [0, 0.05) is 5.41 Å². The molecule has 0 amide bonds. The highest BCUT2D eigenvalue weighted by Gasteiger charge is 2.56. The van der Waals surface area contributed by atoms with Crippen LogP contribution in [0.25, 0.3) is 0 Å². The third-order valence-corrected chi connectivity index (χ3v) is 5.85. The molecule has 0 aromatic heterocycles. The maximum Gasteiger partial charge on any atom is 0.375 e. The number of ether oxygens (including phenoxy) is 1. The highest BCUT2D eigenvalue weighted by Crippen LogP contribution is 2.63. The minimum atomic E-state index is -4.06. The molecule has 0 aliphatic carbocycles. The number of hydrogen-bond acceptors (Lipinski definition) is 5. The Bertz CT molecular complexity index is 443. The van der Waals surface area contributed by atoms with Gasteiger partial charge in [-0.2, -0.15) is 0 Å². The number of hydrogen-bond donors (Lipinski definition) is 0. The number of carbonyl (C=O) groups excluding carboxylic acids is 1. The highest BCUT2D eigenvalue weighted by molar-refractivity contribution is 7.55. The second kappa shape index (κ2) is 6.70. The third-order valence-electron chi connectivity index (χ3n) is 2.29. The molecule has 1 rings (SSSR count). The fourth-order valence-electron chi connectivity index (χ4n) is 1.22. The Labute approximate surface area is 151 Å². The van der Waals surface area contributed by atoms with Gasteiger partial charge in [-0.15, -0.1) is 0 Å². The number of rotatable bonds is 2. The first kappa shape index (κ1) is 20.4. The number of halogens is 6. The van der Waals surface area contributed by atoms with Crippen molar-refractivity contribution in [2.24, 2.45) is 5.41 Å². The van der Waals surface area contributed by atoms with E-state index in [9.17, 15) is 9.36 Å². The van der Waals surface area contributed by atoms with Crippen molar-refractivity contribution >= 4 is 83.2 Å². The second-order valence-corrected chi connectivity index (χ2v) is 11.8. The van der Waals surface area contributed by atoms with Crippen molar-refractivity contribution in [2.75, 3.05) is 13.2 Å². The van der Waals surface area contributed by atoms with Gasteiger partial charge in [-0.1, -0.05) is 83.5 Å². The van der Waals surface area contributed by atoms with Gasteiger partial charge in [-0.3, -0.25) is 4.57 Å². The van der Waals surface area contributed by atoms with Gasteiger partial charge in [0.15, 0.2) is 0 Å². The van der Waals surface area contributed by atoms with Crippen LogP contribution in [-0.2, 0) is 23.1 Å². The molecule has 1 saturated heterocycles. The molecule has 1 atom stereocenters. The lowest BCUT2D eigenvalue weighted by Crippen LogP contribution is -2.40. The molecule has 1 aliphatic heterocycles. The molecule has 0 bridgehead atoms. The molecule has 0 N–H and O–H groups in total. The standard InChI is InChI=1S/C9H11Cl6O5P/c1-7(2)3-18-21(17,19-4-7)6(9(13,14)15)20-5(16)8(10,11)12/h6H,3-4H2,1-2H3. The van der Waals surface area contributed by atoms with Crippen LogP contribution in [0, 0.1) is 5.41 Å². The summed E-state index contributed by atoms with van der Waals surface area (Å²) in [4.78, 5) is 11.6. The lowest BCUT2D eigenvalue weighted by atomic mass is 9.97. The van der Waals surface area contributed by atoms with Crippen molar-refractivity contribution in [1.29, 1.82) is 0 Å². The van der Waals surface area contributed by atoms with Crippen molar-refractivity contribution in [3.8, 4) is 0 Å². The topological polar surface area (TPSA) is 61.8 Å². The SMILES string of the molecule is CC1(C)COP(=O)(C(OC(=O)C(Cl)(Cl)Cl)C(Cl)(Cl)Cl)OC1. The van der Waals surface area contributed by atoms with E-state index in [1.54, 1.807) is 0 Å². The molecule has 1 heterocycles. The first-order valence-electron chi connectivity index (χ1n) is 5.41. The molecule has 5 nitrogen and oxygen atoms in total. The molecule has 0 saturated carbocycles. The van der Waals surface area contributed by atoms with E-state index < -0.39 is 32.4 Å². The minimum absolute atomic E-state index is 0.0485. The molecular formula is C9H11Cl6O5P. The summed E-state index contributed by atoms with van der Waals surface area (Å²) < 4.78 is 23.0. The summed E-state index contributed by atoms with van der Waals surface area (Å²) in [5, 5.41) is 0. The van der Waals surface area contributed by atoms with E-state index in [4.69, 9.17) is 83.4 Å². The van der Waals surface area contributed by atoms with Crippen LogP contribution < -0.4 is 0 Å². The average molecular weight is 443 g/mol.